The van der Waals surface area contributed by atoms with Gasteiger partial charge in [-0.25, -0.2) is 13.1 Å². The van der Waals surface area contributed by atoms with Crippen molar-refractivity contribution in [1.29, 1.82) is 0 Å². The van der Waals surface area contributed by atoms with Gasteiger partial charge in [0, 0.05) is 18.3 Å². The molecule has 3 N–H and O–H groups in total. The molecule has 1 aromatic carbocycles. The average molecular weight is 269 g/mol. The Kier molecular flexibility index (Phi) is 3.61. The molecule has 0 spiro atoms. The van der Waals surface area contributed by atoms with Crippen molar-refractivity contribution in [3.63, 3.8) is 0 Å². The Morgan fingerprint density at radius 2 is 2.17 bits per heavy atom. The van der Waals surface area contributed by atoms with Gasteiger partial charge in [-0.3, -0.25) is 0 Å². The molecule has 0 aromatic heterocycles. The van der Waals surface area contributed by atoms with Crippen LogP contribution in [0.2, 0.25) is 0 Å². The molecule has 5 nitrogen and oxygen atoms in total. The van der Waals surface area contributed by atoms with Crippen LogP contribution in [-0.2, 0) is 10.0 Å². The Balaban J connectivity index is 2.17. The van der Waals surface area contributed by atoms with E-state index in [4.69, 9.17) is 5.73 Å². The van der Waals surface area contributed by atoms with Crippen LogP contribution in [0.15, 0.2) is 23.1 Å². The first kappa shape index (κ1) is 13.3. The number of likely N-dealkylation sites (N-methyl/N-ethyl adjacent to an activating group) is 1. The summed E-state index contributed by atoms with van der Waals surface area (Å²) in [7, 11) is -1.45. The standard InChI is InChI=1S/C12H19N3O2S/c1-9-7-11(3-4-12(9)13)18(16,17)14-10-5-6-15(2)8-10/h3-4,7,10,14H,5-6,8,13H2,1-2H3. The predicted octanol–water partition coefficient (Wildman–Crippen LogP) is 0.560. The molecule has 1 unspecified atom stereocenters. The largest absolute Gasteiger partial charge is 0.399 e. The van der Waals surface area contributed by atoms with E-state index in [1.807, 2.05) is 7.05 Å². The number of rotatable bonds is 3. The van der Waals surface area contributed by atoms with Crippen molar-refractivity contribution in [2.75, 3.05) is 25.9 Å². The highest BCUT2D eigenvalue weighted by atomic mass is 32.2. The molecular weight excluding hydrogens is 250 g/mol. The Hall–Kier alpha value is -1.11. The smallest absolute Gasteiger partial charge is 0.240 e. The van der Waals surface area contributed by atoms with E-state index in [0.29, 0.717) is 5.69 Å². The summed E-state index contributed by atoms with van der Waals surface area (Å²) in [5.41, 5.74) is 7.08. The highest BCUT2D eigenvalue weighted by Gasteiger charge is 2.25. The number of nitrogen functional groups attached to an aromatic ring is 1. The summed E-state index contributed by atoms with van der Waals surface area (Å²) in [6, 6.07) is 4.78. The van der Waals surface area contributed by atoms with Gasteiger partial charge < -0.3 is 10.6 Å². The zero-order chi connectivity index (χ0) is 13.3. The Labute approximate surface area is 108 Å². The minimum Gasteiger partial charge on any atom is -0.399 e. The quantitative estimate of drug-likeness (QED) is 0.786. The number of nitrogens with zero attached hydrogens (tertiary/aromatic N) is 1. The third-order valence-electron chi connectivity index (χ3n) is 3.26. The summed E-state index contributed by atoms with van der Waals surface area (Å²) in [6.07, 6.45) is 0.851. The molecule has 1 aromatic rings. The first-order valence-electron chi connectivity index (χ1n) is 5.95. The third-order valence-corrected chi connectivity index (χ3v) is 4.78. The van der Waals surface area contributed by atoms with Gasteiger partial charge in [0.25, 0.3) is 0 Å². The lowest BCUT2D eigenvalue weighted by Gasteiger charge is -2.14. The van der Waals surface area contributed by atoms with Crippen molar-refractivity contribution in [3.05, 3.63) is 23.8 Å². The molecule has 1 saturated heterocycles. The molecule has 100 valence electrons. The summed E-state index contributed by atoms with van der Waals surface area (Å²) in [4.78, 5) is 2.39. The van der Waals surface area contributed by atoms with E-state index >= 15 is 0 Å². The van der Waals surface area contributed by atoms with Gasteiger partial charge in [0.05, 0.1) is 4.90 Å². The highest BCUT2D eigenvalue weighted by Crippen LogP contribution is 2.18. The fourth-order valence-electron chi connectivity index (χ4n) is 2.13. The van der Waals surface area contributed by atoms with Gasteiger partial charge in [-0.05, 0) is 50.7 Å². The lowest BCUT2D eigenvalue weighted by molar-refractivity contribution is 0.407. The number of anilines is 1. The molecular formula is C12H19N3O2S. The molecule has 1 aliphatic rings. The Morgan fingerprint density at radius 3 is 2.72 bits per heavy atom. The van der Waals surface area contributed by atoms with Gasteiger partial charge in [-0.2, -0.15) is 0 Å². The van der Waals surface area contributed by atoms with E-state index in [-0.39, 0.29) is 10.9 Å². The van der Waals surface area contributed by atoms with Crippen molar-refractivity contribution in [1.82, 2.24) is 9.62 Å². The topological polar surface area (TPSA) is 75.4 Å². The van der Waals surface area contributed by atoms with E-state index in [0.717, 1.165) is 25.1 Å². The number of nitrogens with one attached hydrogen (secondary N) is 1. The molecule has 0 amide bonds. The van der Waals surface area contributed by atoms with Crippen molar-refractivity contribution < 1.29 is 8.42 Å². The third kappa shape index (κ3) is 2.82. The lowest BCUT2D eigenvalue weighted by atomic mass is 10.2. The molecule has 0 radical (unpaired) electrons. The maximum Gasteiger partial charge on any atom is 0.240 e. The van der Waals surface area contributed by atoms with Gasteiger partial charge in [0.1, 0.15) is 0 Å². The normalized spacial score (nSPS) is 21.3. The van der Waals surface area contributed by atoms with Crippen LogP contribution in [0, 0.1) is 6.92 Å². The fraction of sp³-hybridized carbons (Fsp3) is 0.500. The van der Waals surface area contributed by atoms with Gasteiger partial charge in [-0.15, -0.1) is 0 Å². The molecule has 2 rings (SSSR count). The summed E-state index contributed by atoms with van der Waals surface area (Å²) in [5, 5.41) is 0. The first-order chi connectivity index (χ1) is 8.38. The van der Waals surface area contributed by atoms with Gasteiger partial charge in [-0.1, -0.05) is 0 Å². The number of nitrogens with two attached hydrogens (primary N) is 1. The lowest BCUT2D eigenvalue weighted by Crippen LogP contribution is -2.36. The SMILES string of the molecule is Cc1cc(S(=O)(=O)NC2CCN(C)C2)ccc1N. The van der Waals surface area contributed by atoms with Crippen molar-refractivity contribution in [2.45, 2.75) is 24.3 Å². The molecule has 1 heterocycles. The zero-order valence-electron chi connectivity index (χ0n) is 10.7. The Morgan fingerprint density at radius 1 is 1.44 bits per heavy atom. The molecule has 0 saturated carbocycles. The molecule has 1 atom stereocenters. The predicted molar refractivity (Wildman–Crippen MR) is 71.8 cm³/mol. The van der Waals surface area contributed by atoms with Crippen molar-refractivity contribution in [2.24, 2.45) is 0 Å². The van der Waals surface area contributed by atoms with Crippen molar-refractivity contribution in [3.8, 4) is 0 Å². The van der Waals surface area contributed by atoms with E-state index in [9.17, 15) is 8.42 Å². The maximum absolute atomic E-state index is 12.2. The molecule has 0 aliphatic carbocycles. The maximum atomic E-state index is 12.2. The molecule has 1 aliphatic heterocycles. The second kappa shape index (κ2) is 4.87. The van der Waals surface area contributed by atoms with Crippen LogP contribution in [-0.4, -0.2) is 39.5 Å². The number of hydrogen-bond acceptors (Lipinski definition) is 4. The monoisotopic (exact) mass is 269 g/mol. The van der Waals surface area contributed by atoms with Crippen LogP contribution in [0.4, 0.5) is 5.69 Å². The summed E-state index contributed by atoms with van der Waals surface area (Å²) in [5.74, 6) is 0. The van der Waals surface area contributed by atoms with E-state index < -0.39 is 10.0 Å². The average Bonchev–Trinajstić information content (AvgIpc) is 2.67. The van der Waals surface area contributed by atoms with Crippen LogP contribution in [0.1, 0.15) is 12.0 Å². The summed E-state index contributed by atoms with van der Waals surface area (Å²) < 4.78 is 27.1. The van der Waals surface area contributed by atoms with Crippen LogP contribution < -0.4 is 10.5 Å². The molecule has 6 heteroatoms. The first-order valence-corrected chi connectivity index (χ1v) is 7.44. The molecule has 1 fully saturated rings. The minimum absolute atomic E-state index is 0.00198. The van der Waals surface area contributed by atoms with Crippen LogP contribution in [0.3, 0.4) is 0 Å². The summed E-state index contributed by atoms with van der Waals surface area (Å²) in [6.45, 7) is 3.48. The number of benzene rings is 1. The molecule has 18 heavy (non-hydrogen) atoms. The van der Waals surface area contributed by atoms with E-state index in [2.05, 4.69) is 9.62 Å². The molecule has 0 bridgehead atoms. The second-order valence-electron chi connectivity index (χ2n) is 4.89. The zero-order valence-corrected chi connectivity index (χ0v) is 11.5. The van der Waals surface area contributed by atoms with E-state index in [1.54, 1.807) is 25.1 Å². The summed E-state index contributed by atoms with van der Waals surface area (Å²) >= 11 is 0. The van der Waals surface area contributed by atoms with Crippen LogP contribution in [0.25, 0.3) is 0 Å². The van der Waals surface area contributed by atoms with Crippen LogP contribution in [0.5, 0.6) is 0 Å². The Bertz CT molecular complexity index is 542. The fourth-order valence-corrected chi connectivity index (χ4v) is 3.48. The van der Waals surface area contributed by atoms with Gasteiger partial charge in [0.15, 0.2) is 0 Å². The van der Waals surface area contributed by atoms with Gasteiger partial charge in [0.2, 0.25) is 10.0 Å². The number of hydrogen-bond donors (Lipinski definition) is 2. The van der Waals surface area contributed by atoms with Crippen LogP contribution >= 0.6 is 0 Å². The van der Waals surface area contributed by atoms with Gasteiger partial charge >= 0.3 is 0 Å². The highest BCUT2D eigenvalue weighted by molar-refractivity contribution is 7.89. The number of sulfonamides is 1. The number of likely N-dealkylation sites (tertiary alicyclic amines) is 1. The second-order valence-corrected chi connectivity index (χ2v) is 6.60. The van der Waals surface area contributed by atoms with Crippen molar-refractivity contribution >= 4 is 15.7 Å². The number of aryl methyl sites for hydroxylation is 1. The van der Waals surface area contributed by atoms with E-state index in [1.165, 1.54) is 0 Å². The minimum atomic E-state index is -3.44.